The number of aromatic nitrogens is 2. The molecule has 0 bridgehead atoms. The molecule has 0 atom stereocenters. The number of benzene rings is 3. The Kier molecular flexibility index (Phi) is 6.23. The summed E-state index contributed by atoms with van der Waals surface area (Å²) in [6.45, 7) is 2.67. The molecule has 0 unspecified atom stereocenters. The lowest BCUT2D eigenvalue weighted by Gasteiger charge is -2.36. The number of carbonyl (C=O) groups is 1. The van der Waals surface area contributed by atoms with Gasteiger partial charge in [0.15, 0.2) is 0 Å². The van der Waals surface area contributed by atoms with Crippen molar-refractivity contribution in [3.05, 3.63) is 95.6 Å². The van der Waals surface area contributed by atoms with Gasteiger partial charge in [0, 0.05) is 31.7 Å². The van der Waals surface area contributed by atoms with Crippen molar-refractivity contribution in [3.63, 3.8) is 0 Å². The van der Waals surface area contributed by atoms with Crippen molar-refractivity contribution >= 4 is 23.2 Å². The van der Waals surface area contributed by atoms with Crippen LogP contribution in [0.1, 0.15) is 10.5 Å². The van der Waals surface area contributed by atoms with Gasteiger partial charge in [0.05, 0.1) is 29.2 Å². The third kappa shape index (κ3) is 4.24. The van der Waals surface area contributed by atoms with Gasteiger partial charge in [-0.1, -0.05) is 60.1 Å². The number of rotatable bonds is 5. The van der Waals surface area contributed by atoms with Gasteiger partial charge in [0.25, 0.3) is 5.91 Å². The van der Waals surface area contributed by atoms with E-state index in [1.807, 2.05) is 83.8 Å². The Balaban J connectivity index is 1.43. The molecule has 3 aromatic carbocycles. The zero-order valence-electron chi connectivity index (χ0n) is 18.9. The summed E-state index contributed by atoms with van der Waals surface area (Å²) in [6, 6.07) is 27.1. The van der Waals surface area contributed by atoms with Gasteiger partial charge in [-0.3, -0.25) is 4.79 Å². The van der Waals surface area contributed by atoms with Gasteiger partial charge in [0.1, 0.15) is 11.4 Å². The second-order valence-corrected chi connectivity index (χ2v) is 8.50. The largest absolute Gasteiger partial charge is 0.495 e. The van der Waals surface area contributed by atoms with E-state index in [1.54, 1.807) is 11.8 Å². The van der Waals surface area contributed by atoms with E-state index in [2.05, 4.69) is 11.0 Å². The van der Waals surface area contributed by atoms with Crippen LogP contribution in [0, 0.1) is 0 Å². The fourth-order valence-electron chi connectivity index (χ4n) is 4.30. The van der Waals surface area contributed by atoms with Crippen LogP contribution in [0.2, 0.25) is 5.02 Å². The van der Waals surface area contributed by atoms with E-state index >= 15 is 0 Å². The average Bonchev–Trinajstić information content (AvgIpc) is 3.34. The lowest BCUT2D eigenvalue weighted by Crippen LogP contribution is -2.49. The zero-order chi connectivity index (χ0) is 23.5. The van der Waals surface area contributed by atoms with E-state index in [9.17, 15) is 4.79 Å². The molecule has 0 aliphatic carbocycles. The van der Waals surface area contributed by atoms with Gasteiger partial charge in [0.2, 0.25) is 0 Å². The summed E-state index contributed by atoms with van der Waals surface area (Å²) in [4.78, 5) is 17.8. The number of hydrogen-bond acceptors (Lipinski definition) is 4. The smallest absolute Gasteiger partial charge is 0.272 e. The van der Waals surface area contributed by atoms with Crippen molar-refractivity contribution < 1.29 is 9.53 Å². The minimum atomic E-state index is -0.0469. The molecule has 7 heteroatoms. The molecule has 0 radical (unpaired) electrons. The Morgan fingerprint density at radius 3 is 2.29 bits per heavy atom. The number of halogens is 1. The van der Waals surface area contributed by atoms with E-state index in [-0.39, 0.29) is 5.91 Å². The third-order valence-electron chi connectivity index (χ3n) is 6.07. The summed E-state index contributed by atoms with van der Waals surface area (Å²) in [7, 11) is 1.68. The topological polar surface area (TPSA) is 50.6 Å². The SMILES string of the molecule is COc1ccccc1N1CCN(C(=O)c2cc(-c3ccccc3Cl)nn2-c2ccccc2)CC1. The molecule has 5 rings (SSSR count). The fraction of sp³-hybridized carbons (Fsp3) is 0.185. The molecule has 1 saturated heterocycles. The quantitative estimate of drug-likeness (QED) is 0.402. The Morgan fingerprint density at radius 2 is 1.56 bits per heavy atom. The van der Waals surface area contributed by atoms with Crippen LogP contribution >= 0.6 is 11.6 Å². The minimum Gasteiger partial charge on any atom is -0.495 e. The molecular formula is C27H25ClN4O2. The molecule has 0 N–H and O–H groups in total. The van der Waals surface area contributed by atoms with Crippen LogP contribution < -0.4 is 9.64 Å². The van der Waals surface area contributed by atoms with Crippen LogP contribution in [-0.2, 0) is 0 Å². The van der Waals surface area contributed by atoms with Crippen molar-refractivity contribution in [2.75, 3.05) is 38.2 Å². The zero-order valence-corrected chi connectivity index (χ0v) is 19.7. The summed E-state index contributed by atoms with van der Waals surface area (Å²) in [5.41, 5.74) is 3.87. The van der Waals surface area contributed by atoms with Crippen molar-refractivity contribution in [1.82, 2.24) is 14.7 Å². The molecule has 4 aromatic rings. The Bertz CT molecular complexity index is 1300. The van der Waals surface area contributed by atoms with Gasteiger partial charge < -0.3 is 14.5 Å². The highest BCUT2D eigenvalue weighted by Crippen LogP contribution is 2.30. The maximum absolute atomic E-state index is 13.7. The van der Waals surface area contributed by atoms with Gasteiger partial charge >= 0.3 is 0 Å². The van der Waals surface area contributed by atoms with E-state index in [0.29, 0.717) is 29.5 Å². The second-order valence-electron chi connectivity index (χ2n) is 8.09. The average molecular weight is 473 g/mol. The molecule has 1 aliphatic rings. The van der Waals surface area contributed by atoms with Gasteiger partial charge in [-0.25, -0.2) is 4.68 Å². The van der Waals surface area contributed by atoms with E-state index in [4.69, 9.17) is 21.4 Å². The third-order valence-corrected chi connectivity index (χ3v) is 6.40. The van der Waals surface area contributed by atoms with Crippen molar-refractivity contribution in [2.24, 2.45) is 0 Å². The molecule has 0 spiro atoms. The first kappa shape index (κ1) is 22.0. The Labute approximate surface area is 203 Å². The monoisotopic (exact) mass is 472 g/mol. The Hall–Kier alpha value is -3.77. The molecule has 1 fully saturated rings. The molecule has 1 aromatic heterocycles. The van der Waals surface area contributed by atoms with Crippen LogP contribution in [0.15, 0.2) is 84.9 Å². The van der Waals surface area contributed by atoms with Gasteiger partial charge in [-0.2, -0.15) is 5.10 Å². The summed E-state index contributed by atoms with van der Waals surface area (Å²) in [5.74, 6) is 0.795. The van der Waals surface area contributed by atoms with E-state index < -0.39 is 0 Å². The highest BCUT2D eigenvalue weighted by atomic mass is 35.5. The summed E-state index contributed by atoms with van der Waals surface area (Å²) in [6.07, 6.45) is 0. The standard InChI is InChI=1S/C27H25ClN4O2/c1-34-26-14-8-7-13-24(26)30-15-17-31(18-16-30)27(33)25-19-23(21-11-5-6-12-22(21)28)29-32(25)20-9-3-2-4-10-20/h2-14,19H,15-18H2,1H3. The van der Waals surface area contributed by atoms with Crippen LogP contribution in [0.5, 0.6) is 5.75 Å². The molecule has 34 heavy (non-hydrogen) atoms. The van der Waals surface area contributed by atoms with Crippen LogP contribution in [0.3, 0.4) is 0 Å². The number of hydrogen-bond donors (Lipinski definition) is 0. The highest BCUT2D eigenvalue weighted by Gasteiger charge is 2.27. The molecule has 172 valence electrons. The number of piperazine rings is 1. The minimum absolute atomic E-state index is 0.0469. The van der Waals surface area contributed by atoms with E-state index in [1.165, 1.54) is 0 Å². The number of para-hydroxylation sites is 3. The number of ether oxygens (including phenoxy) is 1. The van der Waals surface area contributed by atoms with Crippen LogP contribution in [0.25, 0.3) is 16.9 Å². The maximum Gasteiger partial charge on any atom is 0.272 e. The molecule has 1 amide bonds. The number of amides is 1. The molecule has 2 heterocycles. The summed E-state index contributed by atoms with van der Waals surface area (Å²) in [5, 5.41) is 5.37. The van der Waals surface area contributed by atoms with E-state index in [0.717, 1.165) is 35.8 Å². The maximum atomic E-state index is 13.7. The van der Waals surface area contributed by atoms with Crippen molar-refractivity contribution in [3.8, 4) is 22.7 Å². The molecule has 1 aliphatic heterocycles. The first-order chi connectivity index (χ1) is 16.7. The predicted octanol–water partition coefficient (Wildman–Crippen LogP) is 5.16. The Morgan fingerprint density at radius 1 is 0.882 bits per heavy atom. The van der Waals surface area contributed by atoms with Crippen molar-refractivity contribution in [2.45, 2.75) is 0 Å². The predicted molar refractivity (Wildman–Crippen MR) is 135 cm³/mol. The van der Waals surface area contributed by atoms with Gasteiger partial charge in [-0.05, 0) is 36.4 Å². The number of carbonyl (C=O) groups excluding carboxylic acids is 1. The highest BCUT2D eigenvalue weighted by molar-refractivity contribution is 6.33. The van der Waals surface area contributed by atoms with Crippen molar-refractivity contribution in [1.29, 1.82) is 0 Å². The van der Waals surface area contributed by atoms with Crippen LogP contribution in [-0.4, -0.2) is 53.9 Å². The fourth-order valence-corrected chi connectivity index (χ4v) is 4.54. The normalized spacial score (nSPS) is 13.7. The number of nitrogens with zero attached hydrogens (tertiary/aromatic N) is 4. The first-order valence-corrected chi connectivity index (χ1v) is 11.6. The summed E-state index contributed by atoms with van der Waals surface area (Å²) >= 11 is 6.43. The molecular weight excluding hydrogens is 448 g/mol. The molecule has 0 saturated carbocycles. The van der Waals surface area contributed by atoms with Gasteiger partial charge in [-0.15, -0.1) is 0 Å². The molecule has 6 nitrogen and oxygen atoms in total. The summed E-state index contributed by atoms with van der Waals surface area (Å²) < 4.78 is 7.23. The lowest BCUT2D eigenvalue weighted by atomic mass is 10.1. The lowest BCUT2D eigenvalue weighted by molar-refractivity contribution is 0.0737. The second kappa shape index (κ2) is 9.61. The number of methoxy groups -OCH3 is 1. The number of anilines is 1. The first-order valence-electron chi connectivity index (χ1n) is 11.2. The van der Waals surface area contributed by atoms with Crippen LogP contribution in [0.4, 0.5) is 5.69 Å².